The van der Waals surface area contributed by atoms with Gasteiger partial charge in [-0.15, -0.1) is 0 Å². The quantitative estimate of drug-likeness (QED) is 0.661. The van der Waals surface area contributed by atoms with E-state index in [1.165, 1.54) is 5.56 Å². The molecule has 1 N–H and O–H groups in total. The molecule has 0 radical (unpaired) electrons. The predicted molar refractivity (Wildman–Crippen MR) is 86.4 cm³/mol. The van der Waals surface area contributed by atoms with E-state index in [0.29, 0.717) is 0 Å². The van der Waals surface area contributed by atoms with Crippen LogP contribution in [0.25, 0.3) is 0 Å². The number of halogens is 1. The maximum absolute atomic E-state index is 5.78. The molecule has 0 aliphatic heterocycles. The Kier molecular flexibility index (Phi) is 8.85. The van der Waals surface area contributed by atoms with Gasteiger partial charge in [0.25, 0.3) is 0 Å². The standard InChI is InChI=1S/C15H25BrN2O2/c1-18(2)8-4-9-20-14-5-6-15(16)13(11-14)12-17-7-10-19-3/h5-6,11,17H,4,7-10,12H2,1-3H3. The second-order valence-corrected chi connectivity index (χ2v) is 5.78. The minimum absolute atomic E-state index is 0.721. The van der Waals surface area contributed by atoms with E-state index < -0.39 is 0 Å². The fourth-order valence-electron chi connectivity index (χ4n) is 1.74. The third-order valence-electron chi connectivity index (χ3n) is 2.83. The Morgan fingerprint density at radius 1 is 1.25 bits per heavy atom. The zero-order valence-corrected chi connectivity index (χ0v) is 14.2. The second-order valence-electron chi connectivity index (χ2n) is 4.93. The topological polar surface area (TPSA) is 33.7 Å². The average molecular weight is 345 g/mol. The molecule has 0 saturated heterocycles. The highest BCUT2D eigenvalue weighted by molar-refractivity contribution is 9.10. The Morgan fingerprint density at radius 2 is 2.05 bits per heavy atom. The Labute approximate surface area is 130 Å². The molecule has 0 aliphatic rings. The summed E-state index contributed by atoms with van der Waals surface area (Å²) < 4.78 is 11.9. The fraction of sp³-hybridized carbons (Fsp3) is 0.600. The SMILES string of the molecule is COCCNCc1cc(OCCCN(C)C)ccc1Br. The molecule has 1 rings (SSSR count). The van der Waals surface area contributed by atoms with E-state index in [0.717, 1.165) is 49.5 Å². The van der Waals surface area contributed by atoms with Crippen LogP contribution in [0, 0.1) is 0 Å². The lowest BCUT2D eigenvalue weighted by molar-refractivity contribution is 0.199. The van der Waals surface area contributed by atoms with Crippen LogP contribution in [0.15, 0.2) is 22.7 Å². The molecule has 0 fully saturated rings. The molecule has 0 saturated carbocycles. The van der Waals surface area contributed by atoms with Crippen LogP contribution >= 0.6 is 15.9 Å². The van der Waals surface area contributed by atoms with Gasteiger partial charge in [0, 0.05) is 31.2 Å². The minimum Gasteiger partial charge on any atom is -0.494 e. The van der Waals surface area contributed by atoms with Crippen molar-refractivity contribution in [3.05, 3.63) is 28.2 Å². The molecular formula is C15H25BrN2O2. The van der Waals surface area contributed by atoms with E-state index in [1.54, 1.807) is 7.11 Å². The number of ether oxygens (including phenoxy) is 2. The normalized spacial score (nSPS) is 11.1. The van der Waals surface area contributed by atoms with Crippen LogP contribution in [0.1, 0.15) is 12.0 Å². The second kappa shape index (κ2) is 10.2. The molecule has 0 aromatic heterocycles. The van der Waals surface area contributed by atoms with Crippen LogP contribution < -0.4 is 10.1 Å². The lowest BCUT2D eigenvalue weighted by atomic mass is 10.2. The highest BCUT2D eigenvalue weighted by Gasteiger charge is 2.03. The first kappa shape index (κ1) is 17.4. The molecule has 4 nitrogen and oxygen atoms in total. The maximum atomic E-state index is 5.78. The number of nitrogens with one attached hydrogen (secondary N) is 1. The van der Waals surface area contributed by atoms with Crippen molar-refractivity contribution in [3.8, 4) is 5.75 Å². The summed E-state index contributed by atoms with van der Waals surface area (Å²) in [6.45, 7) is 4.16. The molecule has 1 aromatic rings. The van der Waals surface area contributed by atoms with Crippen LogP contribution in [-0.2, 0) is 11.3 Å². The summed E-state index contributed by atoms with van der Waals surface area (Å²) in [4.78, 5) is 2.16. The minimum atomic E-state index is 0.721. The highest BCUT2D eigenvalue weighted by Crippen LogP contribution is 2.22. The highest BCUT2D eigenvalue weighted by atomic mass is 79.9. The maximum Gasteiger partial charge on any atom is 0.119 e. The van der Waals surface area contributed by atoms with Gasteiger partial charge >= 0.3 is 0 Å². The molecule has 0 aliphatic carbocycles. The van der Waals surface area contributed by atoms with Gasteiger partial charge in [0.15, 0.2) is 0 Å². The van der Waals surface area contributed by atoms with E-state index in [4.69, 9.17) is 9.47 Å². The summed E-state index contributed by atoms with van der Waals surface area (Å²) >= 11 is 3.57. The third kappa shape index (κ3) is 7.24. The van der Waals surface area contributed by atoms with Gasteiger partial charge in [0.1, 0.15) is 5.75 Å². The molecule has 0 unspecified atom stereocenters. The van der Waals surface area contributed by atoms with Crippen molar-refractivity contribution in [2.75, 3.05) is 47.5 Å². The third-order valence-corrected chi connectivity index (χ3v) is 3.61. The first-order valence-electron chi connectivity index (χ1n) is 6.89. The van der Waals surface area contributed by atoms with Crippen LogP contribution in [-0.4, -0.2) is 52.4 Å². The summed E-state index contributed by atoms with van der Waals surface area (Å²) in [6, 6.07) is 6.12. The summed E-state index contributed by atoms with van der Waals surface area (Å²) in [5, 5.41) is 3.34. The Hall–Kier alpha value is -0.620. The van der Waals surface area contributed by atoms with Crippen LogP contribution in [0.5, 0.6) is 5.75 Å². The molecular weight excluding hydrogens is 320 g/mol. The van der Waals surface area contributed by atoms with E-state index in [2.05, 4.69) is 46.3 Å². The van der Waals surface area contributed by atoms with Crippen molar-refractivity contribution in [2.24, 2.45) is 0 Å². The van der Waals surface area contributed by atoms with Crippen molar-refractivity contribution in [1.82, 2.24) is 10.2 Å². The Bertz CT molecular complexity index is 386. The zero-order valence-electron chi connectivity index (χ0n) is 12.6. The van der Waals surface area contributed by atoms with E-state index >= 15 is 0 Å². The first-order valence-corrected chi connectivity index (χ1v) is 7.68. The lowest BCUT2D eigenvalue weighted by Gasteiger charge is -2.12. The van der Waals surface area contributed by atoms with Crippen LogP contribution in [0.4, 0.5) is 0 Å². The number of methoxy groups -OCH3 is 1. The molecule has 1 aromatic carbocycles. The van der Waals surface area contributed by atoms with E-state index in [1.807, 2.05) is 12.1 Å². The molecule has 114 valence electrons. The fourth-order valence-corrected chi connectivity index (χ4v) is 2.13. The van der Waals surface area contributed by atoms with Gasteiger partial charge in [-0.05, 0) is 44.3 Å². The summed E-state index contributed by atoms with van der Waals surface area (Å²) in [6.07, 6.45) is 1.03. The van der Waals surface area contributed by atoms with Crippen molar-refractivity contribution in [3.63, 3.8) is 0 Å². The number of hydrogen-bond donors (Lipinski definition) is 1. The molecule has 0 spiro atoms. The zero-order chi connectivity index (χ0) is 14.8. The number of nitrogens with zero attached hydrogens (tertiary/aromatic N) is 1. The molecule has 0 atom stereocenters. The van der Waals surface area contributed by atoms with Gasteiger partial charge in [-0.2, -0.15) is 0 Å². The summed E-state index contributed by atoms with van der Waals surface area (Å²) in [7, 11) is 5.85. The molecule has 0 amide bonds. The smallest absolute Gasteiger partial charge is 0.119 e. The Morgan fingerprint density at radius 3 is 2.75 bits per heavy atom. The van der Waals surface area contributed by atoms with Gasteiger partial charge in [-0.3, -0.25) is 0 Å². The van der Waals surface area contributed by atoms with Gasteiger partial charge in [0.2, 0.25) is 0 Å². The van der Waals surface area contributed by atoms with Gasteiger partial charge in [0.05, 0.1) is 13.2 Å². The largest absolute Gasteiger partial charge is 0.494 e. The summed E-state index contributed by atoms with van der Waals surface area (Å²) in [5.41, 5.74) is 1.20. The first-order chi connectivity index (χ1) is 9.63. The number of benzene rings is 1. The number of hydrogen-bond acceptors (Lipinski definition) is 4. The molecule has 0 bridgehead atoms. The average Bonchev–Trinajstić information content (AvgIpc) is 2.42. The molecule has 0 heterocycles. The van der Waals surface area contributed by atoms with Crippen molar-refractivity contribution in [1.29, 1.82) is 0 Å². The molecule has 5 heteroatoms. The molecule has 20 heavy (non-hydrogen) atoms. The van der Waals surface area contributed by atoms with Gasteiger partial charge in [-0.1, -0.05) is 15.9 Å². The monoisotopic (exact) mass is 344 g/mol. The predicted octanol–water partition coefficient (Wildman–Crippen LogP) is 2.52. The number of rotatable bonds is 10. The van der Waals surface area contributed by atoms with E-state index in [9.17, 15) is 0 Å². The van der Waals surface area contributed by atoms with E-state index in [-0.39, 0.29) is 0 Å². The van der Waals surface area contributed by atoms with Crippen molar-refractivity contribution in [2.45, 2.75) is 13.0 Å². The van der Waals surface area contributed by atoms with Crippen molar-refractivity contribution < 1.29 is 9.47 Å². The van der Waals surface area contributed by atoms with Crippen molar-refractivity contribution >= 4 is 15.9 Å². The lowest BCUT2D eigenvalue weighted by Crippen LogP contribution is -2.19. The van der Waals surface area contributed by atoms with Gasteiger partial charge in [-0.25, -0.2) is 0 Å². The van der Waals surface area contributed by atoms with Crippen LogP contribution in [0.2, 0.25) is 0 Å². The van der Waals surface area contributed by atoms with Gasteiger partial charge < -0.3 is 19.7 Å². The Balaban J connectivity index is 2.40. The van der Waals surface area contributed by atoms with Crippen LogP contribution in [0.3, 0.4) is 0 Å². The summed E-state index contributed by atoms with van der Waals surface area (Å²) in [5.74, 6) is 0.926.